The van der Waals surface area contributed by atoms with E-state index in [9.17, 15) is 14.0 Å². The molecular formula is C23H25Cl2FN2O2S. The standard InChI is InChI=1S/C23H25Cl2FN2O2S/c24-19-6-5-18(20(25)13-19)14-31-15-22(29)28-11-8-17(9-12-28)23(30)27-10-7-16-3-1-2-4-21(16)26/h1-6,13,17H,7-12,14-15H2,(H,27,30). The number of carbonyl (C=O) groups is 2. The summed E-state index contributed by atoms with van der Waals surface area (Å²) in [6, 6.07) is 12.0. The lowest BCUT2D eigenvalue weighted by atomic mass is 9.96. The molecule has 2 amide bonds. The first kappa shape index (κ1) is 23.9. The molecule has 1 saturated heterocycles. The summed E-state index contributed by atoms with van der Waals surface area (Å²) in [7, 11) is 0. The average molecular weight is 483 g/mol. The van der Waals surface area contributed by atoms with Gasteiger partial charge in [0.1, 0.15) is 5.82 Å². The van der Waals surface area contributed by atoms with E-state index in [-0.39, 0.29) is 23.5 Å². The number of nitrogens with zero attached hydrogens (tertiary/aromatic N) is 1. The van der Waals surface area contributed by atoms with Crippen LogP contribution in [0.4, 0.5) is 4.39 Å². The van der Waals surface area contributed by atoms with Crippen molar-refractivity contribution in [2.45, 2.75) is 25.0 Å². The molecule has 0 bridgehead atoms. The molecule has 1 aliphatic heterocycles. The van der Waals surface area contributed by atoms with Crippen molar-refractivity contribution >= 4 is 46.8 Å². The Bertz CT molecular complexity index is 920. The molecule has 0 spiro atoms. The van der Waals surface area contributed by atoms with Crippen LogP contribution in [0.15, 0.2) is 42.5 Å². The third kappa shape index (κ3) is 7.13. The molecule has 8 heteroatoms. The molecule has 1 heterocycles. The molecule has 2 aromatic rings. The van der Waals surface area contributed by atoms with E-state index in [0.29, 0.717) is 66.0 Å². The summed E-state index contributed by atoms with van der Waals surface area (Å²) in [6.45, 7) is 1.56. The van der Waals surface area contributed by atoms with E-state index in [1.165, 1.54) is 17.8 Å². The maximum Gasteiger partial charge on any atom is 0.232 e. The zero-order valence-corrected chi connectivity index (χ0v) is 19.4. The van der Waals surface area contributed by atoms with Gasteiger partial charge >= 0.3 is 0 Å². The highest BCUT2D eigenvalue weighted by molar-refractivity contribution is 7.99. The fraction of sp³-hybridized carbons (Fsp3) is 0.391. The van der Waals surface area contributed by atoms with E-state index in [1.54, 1.807) is 30.3 Å². The van der Waals surface area contributed by atoms with Gasteiger partial charge in [-0.05, 0) is 48.6 Å². The zero-order chi connectivity index (χ0) is 22.2. The monoisotopic (exact) mass is 482 g/mol. The van der Waals surface area contributed by atoms with Gasteiger partial charge in [0.2, 0.25) is 11.8 Å². The molecule has 0 aliphatic carbocycles. The molecule has 2 aromatic carbocycles. The normalized spacial score (nSPS) is 14.5. The Kier molecular flexibility index (Phi) is 9.05. The molecule has 0 radical (unpaired) electrons. The van der Waals surface area contributed by atoms with Crippen LogP contribution < -0.4 is 5.32 Å². The van der Waals surface area contributed by atoms with Gasteiger partial charge in [0.15, 0.2) is 0 Å². The highest BCUT2D eigenvalue weighted by Gasteiger charge is 2.27. The number of thioether (sulfide) groups is 1. The largest absolute Gasteiger partial charge is 0.356 e. The summed E-state index contributed by atoms with van der Waals surface area (Å²) in [4.78, 5) is 26.7. The van der Waals surface area contributed by atoms with Crippen molar-refractivity contribution in [2.75, 3.05) is 25.4 Å². The van der Waals surface area contributed by atoms with E-state index in [4.69, 9.17) is 23.2 Å². The number of hydrogen-bond acceptors (Lipinski definition) is 3. The Morgan fingerprint density at radius 2 is 1.84 bits per heavy atom. The quantitative estimate of drug-likeness (QED) is 0.577. The molecule has 3 rings (SSSR count). The Morgan fingerprint density at radius 1 is 1.10 bits per heavy atom. The van der Waals surface area contributed by atoms with Crippen LogP contribution in [0, 0.1) is 11.7 Å². The van der Waals surface area contributed by atoms with Crippen LogP contribution in [-0.4, -0.2) is 42.1 Å². The Labute approximate surface area is 196 Å². The summed E-state index contributed by atoms with van der Waals surface area (Å²) < 4.78 is 13.6. The fourth-order valence-electron chi connectivity index (χ4n) is 3.54. The SMILES string of the molecule is O=C(NCCc1ccccc1F)C1CCN(C(=O)CSCc2ccc(Cl)cc2Cl)CC1. The number of carbonyl (C=O) groups excluding carboxylic acids is 2. The smallest absolute Gasteiger partial charge is 0.232 e. The molecule has 0 atom stereocenters. The van der Waals surface area contributed by atoms with Crippen molar-refractivity contribution in [3.8, 4) is 0 Å². The van der Waals surface area contributed by atoms with Crippen LogP contribution >= 0.6 is 35.0 Å². The third-order valence-corrected chi connectivity index (χ3v) is 6.92. The van der Waals surface area contributed by atoms with E-state index < -0.39 is 0 Å². The number of rotatable bonds is 8. The maximum atomic E-state index is 13.6. The number of nitrogens with one attached hydrogen (secondary N) is 1. The topological polar surface area (TPSA) is 49.4 Å². The molecule has 31 heavy (non-hydrogen) atoms. The molecule has 166 valence electrons. The number of halogens is 3. The van der Waals surface area contributed by atoms with Crippen LogP contribution in [0.1, 0.15) is 24.0 Å². The third-order valence-electron chi connectivity index (χ3n) is 5.37. The van der Waals surface area contributed by atoms with Crippen molar-refractivity contribution in [3.63, 3.8) is 0 Å². The lowest BCUT2D eigenvalue weighted by Gasteiger charge is -2.31. The number of hydrogen-bond donors (Lipinski definition) is 1. The Morgan fingerprint density at radius 3 is 2.55 bits per heavy atom. The van der Waals surface area contributed by atoms with Gasteiger partial charge in [0, 0.05) is 41.4 Å². The Hall–Kier alpha value is -1.76. The number of amides is 2. The van der Waals surface area contributed by atoms with Gasteiger partial charge in [-0.15, -0.1) is 11.8 Å². The second kappa shape index (κ2) is 11.7. The van der Waals surface area contributed by atoms with Crippen molar-refractivity contribution in [3.05, 3.63) is 69.5 Å². The first-order chi connectivity index (χ1) is 14.9. The van der Waals surface area contributed by atoms with Crippen molar-refractivity contribution in [1.82, 2.24) is 10.2 Å². The van der Waals surface area contributed by atoms with Gasteiger partial charge in [-0.25, -0.2) is 4.39 Å². The summed E-state index contributed by atoms with van der Waals surface area (Å²) in [6.07, 6.45) is 1.75. The Balaban J connectivity index is 1.35. The summed E-state index contributed by atoms with van der Waals surface area (Å²) in [5.41, 5.74) is 1.55. The van der Waals surface area contributed by atoms with E-state index in [2.05, 4.69) is 5.32 Å². The van der Waals surface area contributed by atoms with Crippen molar-refractivity contribution in [2.24, 2.45) is 5.92 Å². The average Bonchev–Trinajstić information content (AvgIpc) is 2.76. The van der Waals surface area contributed by atoms with Crippen LogP contribution in [-0.2, 0) is 21.8 Å². The van der Waals surface area contributed by atoms with Crippen molar-refractivity contribution in [1.29, 1.82) is 0 Å². The first-order valence-electron chi connectivity index (χ1n) is 10.2. The number of likely N-dealkylation sites (tertiary alicyclic amines) is 1. The lowest BCUT2D eigenvalue weighted by molar-refractivity contribution is -0.133. The van der Waals surface area contributed by atoms with Gasteiger partial charge in [0.25, 0.3) is 0 Å². The van der Waals surface area contributed by atoms with Crippen LogP contribution in [0.25, 0.3) is 0 Å². The fourth-order valence-corrected chi connectivity index (χ4v) is 5.02. The first-order valence-corrected chi connectivity index (χ1v) is 12.2. The molecule has 1 aliphatic rings. The molecule has 4 nitrogen and oxygen atoms in total. The predicted octanol–water partition coefficient (Wildman–Crippen LogP) is 4.96. The van der Waals surface area contributed by atoms with Crippen LogP contribution in [0.3, 0.4) is 0 Å². The minimum absolute atomic E-state index is 0.0183. The number of benzene rings is 2. The van der Waals surface area contributed by atoms with Gasteiger partial charge in [-0.2, -0.15) is 0 Å². The van der Waals surface area contributed by atoms with E-state index in [1.807, 2.05) is 11.0 Å². The molecule has 1 N–H and O–H groups in total. The lowest BCUT2D eigenvalue weighted by Crippen LogP contribution is -2.44. The van der Waals surface area contributed by atoms with Crippen LogP contribution in [0.2, 0.25) is 10.0 Å². The van der Waals surface area contributed by atoms with Gasteiger partial charge < -0.3 is 10.2 Å². The molecule has 0 unspecified atom stereocenters. The summed E-state index contributed by atoms with van der Waals surface area (Å²) in [5.74, 6) is 0.717. The molecule has 0 aromatic heterocycles. The van der Waals surface area contributed by atoms with Gasteiger partial charge in [0.05, 0.1) is 5.75 Å². The van der Waals surface area contributed by atoms with E-state index in [0.717, 1.165) is 5.56 Å². The highest BCUT2D eigenvalue weighted by Crippen LogP contribution is 2.25. The minimum Gasteiger partial charge on any atom is -0.356 e. The zero-order valence-electron chi connectivity index (χ0n) is 17.1. The predicted molar refractivity (Wildman–Crippen MR) is 125 cm³/mol. The van der Waals surface area contributed by atoms with Crippen molar-refractivity contribution < 1.29 is 14.0 Å². The highest BCUT2D eigenvalue weighted by atomic mass is 35.5. The van der Waals surface area contributed by atoms with Gasteiger partial charge in [-0.1, -0.05) is 47.5 Å². The second-order valence-corrected chi connectivity index (χ2v) is 9.35. The van der Waals surface area contributed by atoms with Crippen LogP contribution in [0.5, 0.6) is 0 Å². The molecule has 1 fully saturated rings. The summed E-state index contributed by atoms with van der Waals surface area (Å²) >= 11 is 13.6. The van der Waals surface area contributed by atoms with Gasteiger partial charge in [-0.3, -0.25) is 9.59 Å². The second-order valence-electron chi connectivity index (χ2n) is 7.52. The minimum atomic E-state index is -0.250. The molecule has 0 saturated carbocycles. The van der Waals surface area contributed by atoms with E-state index >= 15 is 0 Å². The number of piperidine rings is 1. The molecular weight excluding hydrogens is 458 g/mol. The maximum absolute atomic E-state index is 13.6. The summed E-state index contributed by atoms with van der Waals surface area (Å²) in [5, 5.41) is 4.10.